The predicted octanol–water partition coefficient (Wildman–Crippen LogP) is 19.4. The maximum absolute atomic E-state index is 2.74. The van der Waals surface area contributed by atoms with Crippen LogP contribution in [0.15, 0.2) is 188 Å². The van der Waals surface area contributed by atoms with Gasteiger partial charge in [-0.1, -0.05) is 206 Å². The second-order valence-corrected chi connectivity index (χ2v) is 29.0. The van der Waals surface area contributed by atoms with Crippen LogP contribution in [0.1, 0.15) is 149 Å². The molecule has 0 spiro atoms. The summed E-state index contributed by atoms with van der Waals surface area (Å²) >= 11 is 0. The summed E-state index contributed by atoms with van der Waals surface area (Å²) in [6, 6.07) is 72.5. The van der Waals surface area contributed by atoms with Crippen molar-refractivity contribution in [1.82, 2.24) is 0 Å². The molecule has 3 nitrogen and oxygen atoms in total. The summed E-state index contributed by atoms with van der Waals surface area (Å²) in [6.07, 6.45) is 2.21. The Balaban J connectivity index is 1.15. The van der Waals surface area contributed by atoms with Gasteiger partial charge < -0.3 is 14.7 Å². The molecule has 0 saturated heterocycles. The molecule has 13 rings (SSSR count). The lowest BCUT2D eigenvalue weighted by atomic mass is 9.33. The molecule has 0 fully saturated rings. The molecular formula is C77H80BN3. The van der Waals surface area contributed by atoms with Gasteiger partial charge in [0.15, 0.2) is 0 Å². The van der Waals surface area contributed by atoms with E-state index in [1.807, 2.05) is 0 Å². The number of anilines is 9. The number of benzene rings is 9. The van der Waals surface area contributed by atoms with E-state index >= 15 is 0 Å². The number of rotatable bonds is 7. The molecule has 4 heteroatoms. The van der Waals surface area contributed by atoms with E-state index in [-0.39, 0.29) is 39.2 Å². The molecule has 0 amide bonds. The fourth-order valence-corrected chi connectivity index (χ4v) is 15.4. The Kier molecular flexibility index (Phi) is 11.9. The molecule has 2 aliphatic carbocycles. The number of hydrogen-bond acceptors (Lipinski definition) is 3. The van der Waals surface area contributed by atoms with E-state index in [9.17, 15) is 0 Å². The quantitative estimate of drug-likeness (QED) is 0.147. The van der Waals surface area contributed by atoms with E-state index in [0.717, 1.165) is 29.9 Å². The summed E-state index contributed by atoms with van der Waals surface area (Å²) < 4.78 is 0. The van der Waals surface area contributed by atoms with Crippen LogP contribution in [-0.2, 0) is 32.5 Å². The summed E-state index contributed by atoms with van der Waals surface area (Å²) in [6.45, 7) is 36.2. The maximum Gasteiger partial charge on any atom is 0.252 e. The van der Waals surface area contributed by atoms with Gasteiger partial charge in [-0.3, -0.25) is 0 Å². The van der Waals surface area contributed by atoms with Gasteiger partial charge in [0.05, 0.1) is 5.69 Å². The van der Waals surface area contributed by atoms with Gasteiger partial charge in [0.2, 0.25) is 0 Å². The molecule has 0 atom stereocenters. The molecule has 2 aliphatic heterocycles. The highest BCUT2D eigenvalue weighted by atomic mass is 15.2. The van der Waals surface area contributed by atoms with E-state index < -0.39 is 0 Å². The summed E-state index contributed by atoms with van der Waals surface area (Å²) in [5, 5.41) is 0. The average molecular weight is 1060 g/mol. The molecular weight excluding hydrogens is 978 g/mol. The zero-order valence-corrected chi connectivity index (χ0v) is 50.7. The van der Waals surface area contributed by atoms with Gasteiger partial charge >= 0.3 is 0 Å². The minimum atomic E-state index is -0.189. The first-order valence-electron chi connectivity index (χ1n) is 29.8. The topological polar surface area (TPSA) is 9.72 Å². The second-order valence-electron chi connectivity index (χ2n) is 29.0. The van der Waals surface area contributed by atoms with Gasteiger partial charge in [-0.25, -0.2) is 0 Å². The molecule has 81 heavy (non-hydrogen) atoms. The number of para-hydroxylation sites is 2. The van der Waals surface area contributed by atoms with Gasteiger partial charge in [0.25, 0.3) is 6.71 Å². The summed E-state index contributed by atoms with van der Waals surface area (Å²) in [4.78, 5) is 7.81. The predicted molar refractivity (Wildman–Crippen MR) is 349 cm³/mol. The highest BCUT2D eigenvalue weighted by Crippen LogP contribution is 2.56. The molecule has 9 aromatic rings. The first-order valence-corrected chi connectivity index (χ1v) is 29.8. The second kappa shape index (κ2) is 18.2. The zero-order chi connectivity index (χ0) is 56.9. The molecule has 0 N–H and O–H groups in total. The van der Waals surface area contributed by atoms with Crippen LogP contribution in [0.5, 0.6) is 0 Å². The van der Waals surface area contributed by atoms with E-state index in [0.29, 0.717) is 0 Å². The molecule has 2 heterocycles. The third-order valence-corrected chi connectivity index (χ3v) is 19.0. The summed E-state index contributed by atoms with van der Waals surface area (Å²) in [7, 11) is 0. The van der Waals surface area contributed by atoms with Crippen LogP contribution >= 0.6 is 0 Å². The van der Waals surface area contributed by atoms with E-state index in [1.54, 1.807) is 0 Å². The third-order valence-electron chi connectivity index (χ3n) is 19.0. The Morgan fingerprint density at radius 3 is 1.46 bits per heavy atom. The highest BCUT2D eigenvalue weighted by molar-refractivity contribution is 7.00. The lowest BCUT2D eigenvalue weighted by molar-refractivity contribution is 0.403. The van der Waals surface area contributed by atoms with Crippen molar-refractivity contribution in [3.8, 4) is 22.3 Å². The Bertz CT molecular complexity index is 3940. The van der Waals surface area contributed by atoms with Crippen LogP contribution in [0.3, 0.4) is 0 Å². The monoisotopic (exact) mass is 1060 g/mol. The Hall–Kier alpha value is -7.56. The molecule has 4 aliphatic rings. The molecule has 9 aromatic carbocycles. The van der Waals surface area contributed by atoms with E-state index in [4.69, 9.17) is 0 Å². The largest absolute Gasteiger partial charge is 0.311 e. The lowest BCUT2D eigenvalue weighted by Gasteiger charge is -2.46. The number of nitrogens with zero attached hydrogens (tertiary/aromatic N) is 3. The number of aryl methyl sites for hydroxylation is 1. The number of fused-ring (bicyclic) bond motifs is 6. The minimum Gasteiger partial charge on any atom is -0.311 e. The first kappa shape index (κ1) is 52.8. The lowest BCUT2D eigenvalue weighted by Crippen LogP contribution is -2.61. The maximum atomic E-state index is 2.74. The van der Waals surface area contributed by atoms with Crippen LogP contribution in [-0.4, -0.2) is 6.71 Å². The van der Waals surface area contributed by atoms with Crippen LogP contribution in [0.25, 0.3) is 22.3 Å². The molecule has 0 radical (unpaired) electrons. The van der Waals surface area contributed by atoms with Gasteiger partial charge in [-0.15, -0.1) is 0 Å². The van der Waals surface area contributed by atoms with Gasteiger partial charge in [-0.2, -0.15) is 0 Å². The zero-order valence-electron chi connectivity index (χ0n) is 50.7. The summed E-state index contributed by atoms with van der Waals surface area (Å²) in [5.41, 5.74) is 29.4. The van der Waals surface area contributed by atoms with Crippen molar-refractivity contribution >= 4 is 74.3 Å². The van der Waals surface area contributed by atoms with Crippen molar-refractivity contribution in [3.05, 3.63) is 227 Å². The van der Waals surface area contributed by atoms with Gasteiger partial charge in [-0.05, 0) is 203 Å². The summed E-state index contributed by atoms with van der Waals surface area (Å²) in [5.74, 6) is 0. The first-order chi connectivity index (χ1) is 38.3. The van der Waals surface area contributed by atoms with Crippen molar-refractivity contribution < 1.29 is 0 Å². The van der Waals surface area contributed by atoms with E-state index in [2.05, 4.69) is 307 Å². The molecule has 0 saturated carbocycles. The molecule has 0 unspecified atom stereocenters. The van der Waals surface area contributed by atoms with Crippen molar-refractivity contribution in [2.75, 3.05) is 14.7 Å². The highest BCUT2D eigenvalue weighted by Gasteiger charge is 2.49. The van der Waals surface area contributed by atoms with Crippen molar-refractivity contribution in [3.63, 3.8) is 0 Å². The Labute approximate surface area is 484 Å². The van der Waals surface area contributed by atoms with Crippen LogP contribution < -0.4 is 31.1 Å². The SMILES string of the molecule is Cc1cc(-c2ccccc2)ccc1N1c2cc(N(c3ccccc3)c3ccccc3)ccc2B2c3cc4c(cc3N(c3ccc(C(C)(C)C)cc3-c3ccc5c(c3)C(C)(C)CC5(C)C)c3cc(C(C)(C)C)cc1c32)C(C)(C)CC4(C)C. The van der Waals surface area contributed by atoms with Crippen molar-refractivity contribution in [2.24, 2.45) is 0 Å². The van der Waals surface area contributed by atoms with Gasteiger partial charge in [0, 0.05) is 51.1 Å². The fourth-order valence-electron chi connectivity index (χ4n) is 15.4. The van der Waals surface area contributed by atoms with E-state index in [1.165, 1.54) is 112 Å². The van der Waals surface area contributed by atoms with Crippen LogP contribution in [0.4, 0.5) is 51.2 Å². The Morgan fingerprint density at radius 1 is 0.370 bits per heavy atom. The molecule has 0 aromatic heterocycles. The standard InChI is InChI=1S/C77H80BN3/c1-49-39-51(50-25-19-16-20-26-50)32-37-65(49)80-67-44-57(79(55-27-21-17-22-28-55)56-29-23-18-24-30-56)34-36-63(67)78-64-45-61-62(77(14,15)48-76(61,12)13)46-68(64)81(70-43-54(73(5,6)7)42-69(80)71(70)78)66-38-33-53(72(2,3)4)41-58(66)52-31-35-59-60(40-52)75(10,11)47-74(59,8)9/h16-46H,47-48H2,1-15H3. The average Bonchev–Trinajstić information content (AvgIpc) is 3.59. The van der Waals surface area contributed by atoms with Gasteiger partial charge in [0.1, 0.15) is 0 Å². The Morgan fingerprint density at radius 2 is 0.877 bits per heavy atom. The fraction of sp³-hybridized carbons (Fsp3) is 0.299. The third kappa shape index (κ3) is 8.60. The smallest absolute Gasteiger partial charge is 0.252 e. The van der Waals surface area contributed by atoms with Crippen LogP contribution in [0, 0.1) is 6.92 Å². The number of hydrogen-bond donors (Lipinski definition) is 0. The van der Waals surface area contributed by atoms with Crippen molar-refractivity contribution in [1.29, 1.82) is 0 Å². The molecule has 0 bridgehead atoms. The minimum absolute atomic E-state index is 0.0146. The normalized spacial score (nSPS) is 16.8. The van der Waals surface area contributed by atoms with Crippen LogP contribution in [0.2, 0.25) is 0 Å². The molecule has 406 valence electrons. The van der Waals surface area contributed by atoms with Crippen molar-refractivity contribution in [2.45, 2.75) is 149 Å².